The number of nitrogens with zero attached hydrogens (tertiary/aromatic N) is 3. The molecule has 1 fully saturated rings. The van der Waals surface area contributed by atoms with Crippen molar-refractivity contribution >= 4 is 28.7 Å². The van der Waals surface area contributed by atoms with E-state index in [0.717, 1.165) is 42.5 Å². The van der Waals surface area contributed by atoms with Gasteiger partial charge in [0.15, 0.2) is 0 Å². The molecule has 0 radical (unpaired) electrons. The fraction of sp³-hybridized carbons (Fsp3) is 0.350. The number of rotatable bonds is 5. The van der Waals surface area contributed by atoms with Gasteiger partial charge in [0.1, 0.15) is 5.69 Å². The summed E-state index contributed by atoms with van der Waals surface area (Å²) < 4.78 is 0. The maximum atomic E-state index is 13.1. The summed E-state index contributed by atoms with van der Waals surface area (Å²) in [4.78, 5) is 36.5. The Morgan fingerprint density at radius 2 is 1.69 bits per heavy atom. The molecular weight excluding hydrogens is 376 g/mol. The lowest BCUT2D eigenvalue weighted by molar-refractivity contribution is -0.393. The first-order valence-electron chi connectivity index (χ1n) is 9.38. The zero-order valence-corrected chi connectivity index (χ0v) is 16.3. The Kier molecular flexibility index (Phi) is 5.76. The molecular formula is C20H22N4O5. The quantitative estimate of drug-likeness (QED) is 0.590. The van der Waals surface area contributed by atoms with Gasteiger partial charge in [-0.05, 0) is 44.7 Å². The maximum Gasteiger partial charge on any atom is 0.300 e. The molecule has 2 aromatic carbocycles. The van der Waals surface area contributed by atoms with Gasteiger partial charge in [-0.1, -0.05) is 17.7 Å². The number of nitro groups is 2. The topological polar surface area (TPSA) is 119 Å². The number of non-ortho nitro benzene ring substituents is 1. The number of nitrogens with one attached hydrogen (secondary N) is 1. The number of benzene rings is 2. The van der Waals surface area contributed by atoms with Crippen LogP contribution in [0.1, 0.15) is 40.7 Å². The second-order valence-corrected chi connectivity index (χ2v) is 7.20. The van der Waals surface area contributed by atoms with Gasteiger partial charge in [0.2, 0.25) is 0 Å². The van der Waals surface area contributed by atoms with E-state index in [-0.39, 0.29) is 11.3 Å². The van der Waals surface area contributed by atoms with Crippen LogP contribution in [0.15, 0.2) is 30.3 Å². The number of anilines is 2. The molecule has 1 saturated heterocycles. The third-order valence-electron chi connectivity index (χ3n) is 5.03. The number of hydrogen-bond acceptors (Lipinski definition) is 6. The van der Waals surface area contributed by atoms with Crippen molar-refractivity contribution < 1.29 is 14.6 Å². The van der Waals surface area contributed by atoms with E-state index >= 15 is 0 Å². The van der Waals surface area contributed by atoms with Crippen LogP contribution in [0.2, 0.25) is 0 Å². The first kappa shape index (κ1) is 20.2. The molecule has 1 N–H and O–H groups in total. The standard InChI is InChI=1S/C20H22N4O5/c1-13-6-7-17(14(2)10-13)21-20(25)16-11-15(23(26)27)12-18(24(28)29)19(16)22-8-4-3-5-9-22/h6-7,10-12H,3-5,8-9H2,1-2H3,(H,21,25). The van der Waals surface area contributed by atoms with E-state index in [1.807, 2.05) is 26.0 Å². The van der Waals surface area contributed by atoms with E-state index in [2.05, 4.69) is 5.32 Å². The van der Waals surface area contributed by atoms with E-state index in [4.69, 9.17) is 0 Å². The molecule has 1 aliphatic heterocycles. The van der Waals surface area contributed by atoms with Crippen molar-refractivity contribution in [2.24, 2.45) is 0 Å². The first-order valence-corrected chi connectivity index (χ1v) is 9.38. The largest absolute Gasteiger partial charge is 0.365 e. The SMILES string of the molecule is Cc1ccc(NC(=O)c2cc([N+](=O)[O-])cc([N+](=O)[O-])c2N2CCCCC2)c(C)c1. The van der Waals surface area contributed by atoms with E-state index in [9.17, 15) is 25.0 Å². The van der Waals surface area contributed by atoms with Gasteiger partial charge in [0.05, 0.1) is 21.5 Å². The van der Waals surface area contributed by atoms with E-state index in [0.29, 0.717) is 18.8 Å². The number of nitro benzene ring substituents is 2. The summed E-state index contributed by atoms with van der Waals surface area (Å²) in [6, 6.07) is 7.53. The number of amides is 1. The minimum atomic E-state index is -0.721. The summed E-state index contributed by atoms with van der Waals surface area (Å²) in [5, 5.41) is 25.8. The minimum Gasteiger partial charge on any atom is -0.365 e. The molecule has 29 heavy (non-hydrogen) atoms. The summed E-state index contributed by atoms with van der Waals surface area (Å²) in [7, 11) is 0. The molecule has 0 saturated carbocycles. The molecule has 0 atom stereocenters. The highest BCUT2D eigenvalue weighted by atomic mass is 16.6. The van der Waals surface area contributed by atoms with Crippen LogP contribution < -0.4 is 10.2 Å². The van der Waals surface area contributed by atoms with Crippen LogP contribution in [0.25, 0.3) is 0 Å². The predicted molar refractivity (Wildman–Crippen MR) is 110 cm³/mol. The highest BCUT2D eigenvalue weighted by Crippen LogP contribution is 2.38. The number of piperidine rings is 1. The van der Waals surface area contributed by atoms with Gasteiger partial charge < -0.3 is 10.2 Å². The van der Waals surface area contributed by atoms with Gasteiger partial charge in [0, 0.05) is 24.8 Å². The molecule has 0 aliphatic carbocycles. The molecule has 0 spiro atoms. The molecule has 0 bridgehead atoms. The molecule has 9 nitrogen and oxygen atoms in total. The van der Waals surface area contributed by atoms with Crippen LogP contribution in [-0.2, 0) is 0 Å². The normalized spacial score (nSPS) is 13.8. The average molecular weight is 398 g/mol. The lowest BCUT2D eigenvalue weighted by Gasteiger charge is -2.29. The lowest BCUT2D eigenvalue weighted by atomic mass is 10.0. The van der Waals surface area contributed by atoms with Gasteiger partial charge >= 0.3 is 0 Å². The Labute approximate surface area is 167 Å². The lowest BCUT2D eigenvalue weighted by Crippen LogP contribution is -2.32. The molecule has 152 valence electrons. The summed E-state index contributed by atoms with van der Waals surface area (Å²) >= 11 is 0. The van der Waals surface area contributed by atoms with Gasteiger partial charge in [-0.15, -0.1) is 0 Å². The molecule has 2 aromatic rings. The maximum absolute atomic E-state index is 13.1. The molecule has 0 unspecified atom stereocenters. The van der Waals surface area contributed by atoms with Crippen molar-refractivity contribution in [2.75, 3.05) is 23.3 Å². The molecule has 1 aliphatic rings. The summed E-state index contributed by atoms with van der Waals surface area (Å²) in [6.45, 7) is 4.88. The second-order valence-electron chi connectivity index (χ2n) is 7.20. The Morgan fingerprint density at radius 1 is 1.00 bits per heavy atom. The molecule has 1 heterocycles. The summed E-state index contributed by atoms with van der Waals surface area (Å²) in [5.74, 6) is -0.607. The van der Waals surface area contributed by atoms with Crippen molar-refractivity contribution in [3.8, 4) is 0 Å². The number of aryl methyl sites for hydroxylation is 2. The fourth-order valence-electron chi connectivity index (χ4n) is 3.62. The number of carbonyl (C=O) groups excluding carboxylic acids is 1. The minimum absolute atomic E-state index is 0.0622. The van der Waals surface area contributed by atoms with Crippen LogP contribution in [0.4, 0.5) is 22.7 Å². The zero-order valence-electron chi connectivity index (χ0n) is 16.3. The Hall–Kier alpha value is -3.49. The summed E-state index contributed by atoms with van der Waals surface area (Å²) in [6.07, 6.45) is 2.68. The number of carbonyl (C=O) groups is 1. The third kappa shape index (κ3) is 4.34. The smallest absolute Gasteiger partial charge is 0.300 e. The Morgan fingerprint density at radius 3 is 2.28 bits per heavy atom. The molecule has 1 amide bonds. The van der Waals surface area contributed by atoms with Gasteiger partial charge in [-0.3, -0.25) is 25.0 Å². The van der Waals surface area contributed by atoms with Crippen molar-refractivity contribution in [3.05, 3.63) is 67.3 Å². The number of hydrogen-bond donors (Lipinski definition) is 1. The van der Waals surface area contributed by atoms with Gasteiger partial charge in [-0.25, -0.2) is 0 Å². The molecule has 9 heteroatoms. The van der Waals surface area contributed by atoms with Crippen LogP contribution in [-0.4, -0.2) is 28.8 Å². The zero-order chi connectivity index (χ0) is 21.1. The van der Waals surface area contributed by atoms with Crippen LogP contribution >= 0.6 is 0 Å². The Bertz CT molecular complexity index is 983. The van der Waals surface area contributed by atoms with Crippen LogP contribution in [0.3, 0.4) is 0 Å². The van der Waals surface area contributed by atoms with Gasteiger partial charge in [0.25, 0.3) is 17.3 Å². The first-order chi connectivity index (χ1) is 13.8. The van der Waals surface area contributed by atoms with Crippen molar-refractivity contribution in [2.45, 2.75) is 33.1 Å². The monoisotopic (exact) mass is 398 g/mol. The fourth-order valence-corrected chi connectivity index (χ4v) is 3.62. The van der Waals surface area contributed by atoms with E-state index < -0.39 is 27.1 Å². The molecule has 0 aromatic heterocycles. The Balaban J connectivity index is 2.12. The summed E-state index contributed by atoms with van der Waals surface area (Å²) in [5.41, 5.74) is 1.59. The second kappa shape index (κ2) is 8.26. The van der Waals surface area contributed by atoms with E-state index in [1.54, 1.807) is 11.0 Å². The highest BCUT2D eigenvalue weighted by Gasteiger charge is 2.31. The average Bonchev–Trinajstić information content (AvgIpc) is 2.69. The van der Waals surface area contributed by atoms with Crippen LogP contribution in [0, 0.1) is 34.1 Å². The van der Waals surface area contributed by atoms with Crippen LogP contribution in [0.5, 0.6) is 0 Å². The van der Waals surface area contributed by atoms with Gasteiger partial charge in [-0.2, -0.15) is 0 Å². The van der Waals surface area contributed by atoms with Crippen molar-refractivity contribution in [3.63, 3.8) is 0 Å². The van der Waals surface area contributed by atoms with Crippen molar-refractivity contribution in [1.29, 1.82) is 0 Å². The highest BCUT2D eigenvalue weighted by molar-refractivity contribution is 6.10. The van der Waals surface area contributed by atoms with Crippen molar-refractivity contribution in [1.82, 2.24) is 0 Å². The molecule has 3 rings (SSSR count). The third-order valence-corrected chi connectivity index (χ3v) is 5.03. The predicted octanol–water partition coefficient (Wildman–Crippen LogP) is 4.36. The van der Waals surface area contributed by atoms with E-state index in [1.165, 1.54) is 0 Å².